The number of likely N-dealkylation sites (N-methyl/N-ethyl adjacent to an activating group) is 1. The molecular weight excluding hydrogens is 414 g/mol. The van der Waals surface area contributed by atoms with Gasteiger partial charge in [-0.3, -0.25) is 9.59 Å². The number of hydrogen-bond acceptors (Lipinski definition) is 4. The number of methoxy groups -OCH3 is 1. The Balaban J connectivity index is 1.62. The second-order valence-electron chi connectivity index (χ2n) is 8.31. The number of amides is 2. The summed E-state index contributed by atoms with van der Waals surface area (Å²) in [6.45, 7) is 4.03. The van der Waals surface area contributed by atoms with Gasteiger partial charge in [-0.2, -0.15) is 0 Å². The van der Waals surface area contributed by atoms with Crippen molar-refractivity contribution in [3.63, 3.8) is 0 Å². The number of likely N-dealkylation sites (tertiary alicyclic amines) is 1. The molecule has 2 aromatic rings. The minimum Gasteiger partial charge on any atom is -0.497 e. The van der Waals surface area contributed by atoms with E-state index in [0.29, 0.717) is 23.7 Å². The minimum atomic E-state index is -0.290. The molecule has 0 aromatic heterocycles. The average molecular weight is 442 g/mol. The van der Waals surface area contributed by atoms with Gasteiger partial charge in [0.15, 0.2) is 0 Å². The van der Waals surface area contributed by atoms with Crippen LogP contribution in [0.3, 0.4) is 0 Å². The van der Waals surface area contributed by atoms with Gasteiger partial charge in [0.2, 0.25) is 5.91 Å². The number of halogens is 1. The molecule has 0 spiro atoms. The molecular formula is C24H28ClN3O3. The summed E-state index contributed by atoms with van der Waals surface area (Å²) >= 11 is 6.28. The normalized spacial score (nSPS) is 21.9. The van der Waals surface area contributed by atoms with E-state index in [0.717, 1.165) is 37.5 Å². The first-order valence-corrected chi connectivity index (χ1v) is 11.0. The third-order valence-corrected chi connectivity index (χ3v) is 6.70. The van der Waals surface area contributed by atoms with Crippen molar-refractivity contribution in [2.24, 2.45) is 5.92 Å². The van der Waals surface area contributed by atoms with Gasteiger partial charge < -0.3 is 19.4 Å². The van der Waals surface area contributed by atoms with E-state index in [4.69, 9.17) is 16.3 Å². The first kappa shape index (κ1) is 21.7. The van der Waals surface area contributed by atoms with Crippen molar-refractivity contribution in [2.75, 3.05) is 53.4 Å². The van der Waals surface area contributed by atoms with Crippen molar-refractivity contribution in [1.29, 1.82) is 0 Å². The lowest BCUT2D eigenvalue weighted by atomic mass is 9.87. The molecule has 164 valence electrons. The van der Waals surface area contributed by atoms with Crippen molar-refractivity contribution in [3.8, 4) is 5.75 Å². The highest BCUT2D eigenvalue weighted by Crippen LogP contribution is 2.36. The molecule has 6 nitrogen and oxygen atoms in total. The van der Waals surface area contributed by atoms with E-state index in [1.165, 1.54) is 0 Å². The predicted octanol–water partition coefficient (Wildman–Crippen LogP) is 2.98. The highest BCUT2D eigenvalue weighted by molar-refractivity contribution is 6.33. The van der Waals surface area contributed by atoms with Crippen molar-refractivity contribution < 1.29 is 14.3 Å². The maximum atomic E-state index is 13.5. The first-order chi connectivity index (χ1) is 15.0. The summed E-state index contributed by atoms with van der Waals surface area (Å²) in [6.07, 6.45) is 0. The fourth-order valence-corrected chi connectivity index (χ4v) is 4.71. The van der Waals surface area contributed by atoms with Crippen LogP contribution < -0.4 is 4.74 Å². The molecule has 2 aliphatic heterocycles. The first-order valence-electron chi connectivity index (χ1n) is 10.6. The van der Waals surface area contributed by atoms with Gasteiger partial charge in [-0.25, -0.2) is 0 Å². The third-order valence-electron chi connectivity index (χ3n) is 6.37. The zero-order valence-electron chi connectivity index (χ0n) is 18.0. The summed E-state index contributed by atoms with van der Waals surface area (Å²) in [5, 5.41) is 0.430. The molecule has 4 rings (SSSR count). The number of nitrogens with zero attached hydrogens (tertiary/aromatic N) is 3. The van der Waals surface area contributed by atoms with Gasteiger partial charge in [0.05, 0.1) is 23.6 Å². The molecule has 2 saturated heterocycles. The Hall–Kier alpha value is -2.57. The standard InChI is InChI=1S/C24H28ClN3O3/c1-26-10-12-27(13-11-26)24(30)21-16-28(23(29)19-8-3-4-9-22(19)25)15-20(21)17-6-5-7-18(14-17)31-2/h3-9,14,20-21H,10-13,15-16H2,1-2H3. The van der Waals surface area contributed by atoms with Gasteiger partial charge in [-0.1, -0.05) is 35.9 Å². The average Bonchev–Trinajstić information content (AvgIpc) is 3.24. The van der Waals surface area contributed by atoms with Gasteiger partial charge in [0, 0.05) is 45.2 Å². The lowest BCUT2D eigenvalue weighted by Gasteiger charge is -2.35. The molecule has 31 heavy (non-hydrogen) atoms. The quantitative estimate of drug-likeness (QED) is 0.732. The summed E-state index contributed by atoms with van der Waals surface area (Å²) in [6, 6.07) is 14.9. The van der Waals surface area contributed by atoms with Gasteiger partial charge in [-0.15, -0.1) is 0 Å². The van der Waals surface area contributed by atoms with Crippen molar-refractivity contribution in [2.45, 2.75) is 5.92 Å². The number of carbonyl (C=O) groups is 2. The Labute approximate surface area is 188 Å². The summed E-state index contributed by atoms with van der Waals surface area (Å²) < 4.78 is 5.40. The van der Waals surface area contributed by atoms with Crippen LogP contribution >= 0.6 is 11.6 Å². The van der Waals surface area contributed by atoms with Crippen LogP contribution in [0.2, 0.25) is 5.02 Å². The van der Waals surface area contributed by atoms with Crippen LogP contribution in [0.15, 0.2) is 48.5 Å². The topological polar surface area (TPSA) is 53.1 Å². The molecule has 2 fully saturated rings. The molecule has 0 aliphatic carbocycles. The van der Waals surface area contributed by atoms with E-state index in [1.54, 1.807) is 24.1 Å². The van der Waals surface area contributed by atoms with Crippen molar-refractivity contribution >= 4 is 23.4 Å². The predicted molar refractivity (Wildman–Crippen MR) is 121 cm³/mol. The Kier molecular flexibility index (Phi) is 6.49. The molecule has 2 heterocycles. The van der Waals surface area contributed by atoms with Crippen LogP contribution in [0, 0.1) is 5.92 Å². The smallest absolute Gasteiger partial charge is 0.255 e. The summed E-state index contributed by atoms with van der Waals surface area (Å²) in [5.41, 5.74) is 1.49. The van der Waals surface area contributed by atoms with Gasteiger partial charge in [0.1, 0.15) is 5.75 Å². The highest BCUT2D eigenvalue weighted by Gasteiger charge is 2.42. The third kappa shape index (κ3) is 4.55. The Bertz CT molecular complexity index is 959. The maximum Gasteiger partial charge on any atom is 0.255 e. The number of rotatable bonds is 4. The van der Waals surface area contributed by atoms with Gasteiger partial charge in [0.25, 0.3) is 5.91 Å². The SMILES string of the molecule is COc1cccc(C2CN(C(=O)c3ccccc3Cl)CC2C(=O)N2CCN(C)CC2)c1. The van der Waals surface area contributed by atoms with Gasteiger partial charge in [-0.05, 0) is 36.9 Å². The lowest BCUT2D eigenvalue weighted by molar-refractivity contribution is -0.137. The summed E-state index contributed by atoms with van der Waals surface area (Å²) in [7, 11) is 3.70. The maximum absolute atomic E-state index is 13.5. The molecule has 0 bridgehead atoms. The van der Waals surface area contributed by atoms with E-state index in [9.17, 15) is 9.59 Å². The molecule has 0 radical (unpaired) electrons. The number of carbonyl (C=O) groups excluding carboxylic acids is 2. The zero-order valence-corrected chi connectivity index (χ0v) is 18.7. The number of hydrogen-bond donors (Lipinski definition) is 0. The zero-order chi connectivity index (χ0) is 22.0. The highest BCUT2D eigenvalue weighted by atomic mass is 35.5. The van der Waals surface area contributed by atoms with Crippen LogP contribution in [0.5, 0.6) is 5.75 Å². The molecule has 0 N–H and O–H groups in total. The Morgan fingerprint density at radius 2 is 1.71 bits per heavy atom. The van der Waals surface area contributed by atoms with Crippen LogP contribution in [-0.4, -0.2) is 79.9 Å². The minimum absolute atomic E-state index is 0.0892. The van der Waals surface area contributed by atoms with Crippen LogP contribution in [0.25, 0.3) is 0 Å². The summed E-state index contributed by atoms with van der Waals surface area (Å²) in [4.78, 5) is 32.7. The van der Waals surface area contributed by atoms with Crippen LogP contribution in [0.4, 0.5) is 0 Å². The number of benzene rings is 2. The fourth-order valence-electron chi connectivity index (χ4n) is 4.50. The molecule has 2 atom stereocenters. The molecule has 2 aliphatic rings. The summed E-state index contributed by atoms with van der Waals surface area (Å²) in [5.74, 6) is 0.359. The molecule has 7 heteroatoms. The molecule has 2 unspecified atom stereocenters. The van der Waals surface area contributed by atoms with Gasteiger partial charge >= 0.3 is 0 Å². The van der Waals surface area contributed by atoms with E-state index in [1.807, 2.05) is 41.3 Å². The number of piperazine rings is 1. The van der Waals surface area contributed by atoms with E-state index >= 15 is 0 Å². The molecule has 0 saturated carbocycles. The Morgan fingerprint density at radius 1 is 0.968 bits per heavy atom. The van der Waals surface area contributed by atoms with E-state index in [-0.39, 0.29) is 23.7 Å². The second-order valence-corrected chi connectivity index (χ2v) is 8.72. The van der Waals surface area contributed by atoms with Crippen molar-refractivity contribution in [3.05, 3.63) is 64.7 Å². The lowest BCUT2D eigenvalue weighted by Crippen LogP contribution is -2.50. The molecule has 2 amide bonds. The van der Waals surface area contributed by atoms with Crippen molar-refractivity contribution in [1.82, 2.24) is 14.7 Å². The van der Waals surface area contributed by atoms with Crippen LogP contribution in [0.1, 0.15) is 21.8 Å². The second kappa shape index (κ2) is 9.28. The monoisotopic (exact) mass is 441 g/mol. The number of ether oxygens (including phenoxy) is 1. The Morgan fingerprint density at radius 3 is 2.42 bits per heavy atom. The van der Waals surface area contributed by atoms with E-state index < -0.39 is 0 Å². The largest absolute Gasteiger partial charge is 0.497 e. The van der Waals surface area contributed by atoms with E-state index in [2.05, 4.69) is 11.9 Å². The fraction of sp³-hybridized carbons (Fsp3) is 0.417. The van der Waals surface area contributed by atoms with Crippen LogP contribution in [-0.2, 0) is 4.79 Å². The molecule has 2 aromatic carbocycles.